The summed E-state index contributed by atoms with van der Waals surface area (Å²) < 4.78 is 10.6. The van der Waals surface area contributed by atoms with Crippen molar-refractivity contribution in [2.24, 2.45) is 5.73 Å². The average Bonchev–Trinajstić information content (AvgIpc) is 3.04. The number of carbonyl (C=O) groups excluding carboxylic acids is 1. The second-order valence-corrected chi connectivity index (χ2v) is 6.62. The summed E-state index contributed by atoms with van der Waals surface area (Å²) >= 11 is 1.66. The van der Waals surface area contributed by atoms with Crippen LogP contribution in [0.4, 0.5) is 0 Å². The first-order valence-corrected chi connectivity index (χ1v) is 8.94. The molecule has 2 rings (SSSR count). The Morgan fingerprint density at radius 2 is 2.13 bits per heavy atom. The van der Waals surface area contributed by atoms with E-state index in [0.29, 0.717) is 23.5 Å². The number of hydrogen-bond donors (Lipinski definition) is 2. The molecule has 1 aliphatic rings. The van der Waals surface area contributed by atoms with Crippen LogP contribution >= 0.6 is 11.8 Å². The maximum absolute atomic E-state index is 12.3. The predicted octanol–water partition coefficient (Wildman–Crippen LogP) is 1.38. The Morgan fingerprint density at radius 3 is 2.83 bits per heavy atom. The highest BCUT2D eigenvalue weighted by molar-refractivity contribution is 7.98. The first kappa shape index (κ1) is 17.9. The minimum Gasteiger partial charge on any atom is -0.454 e. The number of nitrogens with two attached hydrogens (primary N) is 1. The van der Waals surface area contributed by atoms with Gasteiger partial charge in [-0.2, -0.15) is 11.8 Å². The molecule has 6 nitrogen and oxygen atoms in total. The Labute approximate surface area is 140 Å². The third kappa shape index (κ3) is 4.10. The fourth-order valence-corrected chi connectivity index (χ4v) is 2.91. The minimum atomic E-state index is -0.828. The van der Waals surface area contributed by atoms with Crippen LogP contribution in [0.25, 0.3) is 0 Å². The number of amides is 1. The smallest absolute Gasteiger partial charge is 0.239 e. The van der Waals surface area contributed by atoms with Gasteiger partial charge in [0, 0.05) is 7.05 Å². The predicted molar refractivity (Wildman–Crippen MR) is 90.7 cm³/mol. The summed E-state index contributed by atoms with van der Waals surface area (Å²) in [6, 6.07) is 4.34. The molecule has 3 atom stereocenters. The molecular formula is C16H24N2O4S. The van der Waals surface area contributed by atoms with Gasteiger partial charge in [-0.3, -0.25) is 4.79 Å². The molecule has 0 fully saturated rings. The van der Waals surface area contributed by atoms with Crippen LogP contribution in [0.15, 0.2) is 18.2 Å². The molecule has 1 amide bonds. The molecule has 1 aromatic carbocycles. The van der Waals surface area contributed by atoms with Crippen LogP contribution in [-0.4, -0.2) is 53.8 Å². The number of fused-ring (bicyclic) bond motifs is 1. The van der Waals surface area contributed by atoms with Crippen molar-refractivity contribution in [1.29, 1.82) is 0 Å². The molecule has 7 heteroatoms. The fraction of sp³-hybridized carbons (Fsp3) is 0.562. The molecule has 0 radical (unpaired) electrons. The van der Waals surface area contributed by atoms with Crippen LogP contribution in [0.5, 0.6) is 11.5 Å². The molecule has 1 aliphatic heterocycles. The normalized spacial score (nSPS) is 16.7. The van der Waals surface area contributed by atoms with E-state index in [1.807, 2.05) is 6.26 Å². The van der Waals surface area contributed by atoms with E-state index in [0.717, 1.165) is 5.75 Å². The third-order valence-electron chi connectivity index (χ3n) is 4.10. The molecule has 0 bridgehead atoms. The number of aliphatic hydroxyl groups excluding tert-OH is 1. The topological polar surface area (TPSA) is 85.0 Å². The monoisotopic (exact) mass is 340 g/mol. The van der Waals surface area contributed by atoms with Gasteiger partial charge in [0.2, 0.25) is 12.7 Å². The molecule has 0 aliphatic carbocycles. The Balaban J connectivity index is 2.03. The third-order valence-corrected chi connectivity index (χ3v) is 4.75. The van der Waals surface area contributed by atoms with E-state index in [1.165, 1.54) is 4.90 Å². The zero-order valence-corrected chi connectivity index (χ0v) is 14.5. The first-order chi connectivity index (χ1) is 11.0. The Kier molecular flexibility index (Phi) is 6.15. The van der Waals surface area contributed by atoms with Crippen LogP contribution in [-0.2, 0) is 4.79 Å². The lowest BCUT2D eigenvalue weighted by Crippen LogP contribution is -2.47. The van der Waals surface area contributed by atoms with Gasteiger partial charge in [-0.25, -0.2) is 0 Å². The van der Waals surface area contributed by atoms with E-state index in [-0.39, 0.29) is 12.7 Å². The van der Waals surface area contributed by atoms with Gasteiger partial charge in [0.15, 0.2) is 11.5 Å². The SMILES string of the molecule is CSCC[C@H](N)C(=O)N(C)C(C)C(O)c1ccc2c(c1)OCO2. The summed E-state index contributed by atoms with van der Waals surface area (Å²) in [5.74, 6) is 1.95. The van der Waals surface area contributed by atoms with Gasteiger partial charge in [-0.1, -0.05) is 6.07 Å². The summed E-state index contributed by atoms with van der Waals surface area (Å²) in [6.07, 6.45) is 1.77. The highest BCUT2D eigenvalue weighted by Crippen LogP contribution is 2.35. The molecule has 0 saturated heterocycles. The van der Waals surface area contributed by atoms with Crippen LogP contribution < -0.4 is 15.2 Å². The molecule has 0 aromatic heterocycles. The second kappa shape index (κ2) is 7.90. The average molecular weight is 340 g/mol. The minimum absolute atomic E-state index is 0.161. The number of benzene rings is 1. The number of carbonyl (C=O) groups is 1. The molecule has 0 saturated carbocycles. The molecule has 0 spiro atoms. The number of ether oxygens (including phenoxy) is 2. The van der Waals surface area contributed by atoms with Gasteiger partial charge >= 0.3 is 0 Å². The van der Waals surface area contributed by atoms with Crippen molar-refractivity contribution in [3.8, 4) is 11.5 Å². The molecule has 23 heavy (non-hydrogen) atoms. The molecule has 2 unspecified atom stereocenters. The van der Waals surface area contributed by atoms with Gasteiger partial charge in [-0.05, 0) is 43.0 Å². The summed E-state index contributed by atoms with van der Waals surface area (Å²) in [7, 11) is 1.67. The Hall–Kier alpha value is -1.44. The van der Waals surface area contributed by atoms with Crippen molar-refractivity contribution in [1.82, 2.24) is 4.90 Å². The largest absolute Gasteiger partial charge is 0.454 e. The summed E-state index contributed by atoms with van der Waals surface area (Å²) in [6.45, 7) is 1.99. The summed E-state index contributed by atoms with van der Waals surface area (Å²) in [5, 5.41) is 10.6. The lowest BCUT2D eigenvalue weighted by molar-refractivity contribution is -0.135. The van der Waals surface area contributed by atoms with Crippen molar-refractivity contribution in [3.05, 3.63) is 23.8 Å². The zero-order chi connectivity index (χ0) is 17.0. The number of aliphatic hydroxyl groups is 1. The summed E-state index contributed by atoms with van der Waals surface area (Å²) in [5.41, 5.74) is 6.61. The highest BCUT2D eigenvalue weighted by atomic mass is 32.2. The number of nitrogens with zero attached hydrogens (tertiary/aromatic N) is 1. The van der Waals surface area contributed by atoms with Crippen LogP contribution in [0.2, 0.25) is 0 Å². The maximum atomic E-state index is 12.3. The van der Waals surface area contributed by atoms with Gasteiger partial charge in [-0.15, -0.1) is 0 Å². The number of likely N-dealkylation sites (N-methyl/N-ethyl adjacent to an activating group) is 1. The Morgan fingerprint density at radius 1 is 1.43 bits per heavy atom. The van der Waals surface area contributed by atoms with Gasteiger partial charge < -0.3 is 25.2 Å². The Bertz CT molecular complexity index is 555. The molecule has 128 valence electrons. The number of thioether (sulfide) groups is 1. The molecule has 1 heterocycles. The number of hydrogen-bond acceptors (Lipinski definition) is 6. The summed E-state index contributed by atoms with van der Waals surface area (Å²) in [4.78, 5) is 13.9. The van der Waals surface area contributed by atoms with Gasteiger partial charge in [0.05, 0.1) is 18.2 Å². The lowest BCUT2D eigenvalue weighted by Gasteiger charge is -2.31. The van der Waals surface area contributed by atoms with Gasteiger partial charge in [0.25, 0.3) is 0 Å². The maximum Gasteiger partial charge on any atom is 0.239 e. The van der Waals surface area contributed by atoms with Crippen LogP contribution in [0.3, 0.4) is 0 Å². The van der Waals surface area contributed by atoms with Crippen molar-refractivity contribution < 1.29 is 19.4 Å². The van der Waals surface area contributed by atoms with E-state index >= 15 is 0 Å². The van der Waals surface area contributed by atoms with Crippen molar-refractivity contribution in [3.63, 3.8) is 0 Å². The molecule has 3 N–H and O–H groups in total. The van der Waals surface area contributed by atoms with Crippen LogP contribution in [0, 0.1) is 0 Å². The number of rotatable bonds is 7. The van der Waals surface area contributed by atoms with Crippen molar-refractivity contribution in [2.45, 2.75) is 31.5 Å². The zero-order valence-electron chi connectivity index (χ0n) is 13.7. The van der Waals surface area contributed by atoms with E-state index in [2.05, 4.69) is 0 Å². The van der Waals surface area contributed by atoms with Crippen molar-refractivity contribution >= 4 is 17.7 Å². The van der Waals surface area contributed by atoms with E-state index in [4.69, 9.17) is 15.2 Å². The van der Waals surface area contributed by atoms with E-state index in [1.54, 1.807) is 43.9 Å². The lowest BCUT2D eigenvalue weighted by atomic mass is 10.0. The first-order valence-electron chi connectivity index (χ1n) is 7.54. The highest BCUT2D eigenvalue weighted by Gasteiger charge is 2.28. The van der Waals surface area contributed by atoms with E-state index in [9.17, 15) is 9.90 Å². The quantitative estimate of drug-likeness (QED) is 0.780. The van der Waals surface area contributed by atoms with Crippen LogP contribution in [0.1, 0.15) is 25.0 Å². The molecule has 1 aromatic rings. The fourth-order valence-electron chi connectivity index (χ4n) is 2.42. The van der Waals surface area contributed by atoms with Gasteiger partial charge in [0.1, 0.15) is 0 Å². The standard InChI is InChI=1S/C16H24N2O4S/c1-10(18(2)16(20)12(17)6-7-23-3)15(19)11-4-5-13-14(8-11)22-9-21-13/h4-5,8,10,12,15,19H,6-7,9,17H2,1-3H3/t10?,12-,15?/m0/s1. The van der Waals surface area contributed by atoms with E-state index < -0.39 is 18.2 Å². The van der Waals surface area contributed by atoms with Crippen molar-refractivity contribution in [2.75, 3.05) is 25.8 Å². The molecular weight excluding hydrogens is 316 g/mol. The second-order valence-electron chi connectivity index (χ2n) is 5.64.